The Balaban J connectivity index is 1.43. The molecule has 2 heterocycles. The summed E-state index contributed by atoms with van der Waals surface area (Å²) in [6.07, 6.45) is 0. The lowest BCUT2D eigenvalue weighted by molar-refractivity contribution is 0.0751. The van der Waals surface area contributed by atoms with Crippen LogP contribution in [-0.2, 0) is 0 Å². The first-order valence-corrected chi connectivity index (χ1v) is 12.4. The van der Waals surface area contributed by atoms with Crippen molar-refractivity contribution in [1.82, 2.24) is 4.90 Å². The number of hydrogen-bond donors (Lipinski definition) is 1. The van der Waals surface area contributed by atoms with Crippen molar-refractivity contribution >= 4 is 62.1 Å². The SMILES string of the molecule is COc1c(C)cc(Br)cc1C(=O)Nc1ccc(N2CCN(C(=O)c3cccs3)CC2)c(Cl)c1. The highest BCUT2D eigenvalue weighted by atomic mass is 79.9. The van der Waals surface area contributed by atoms with Gasteiger partial charge >= 0.3 is 0 Å². The summed E-state index contributed by atoms with van der Waals surface area (Å²) in [5.74, 6) is 0.334. The summed E-state index contributed by atoms with van der Waals surface area (Å²) in [6, 6.07) is 12.9. The van der Waals surface area contributed by atoms with Gasteiger partial charge in [-0.2, -0.15) is 0 Å². The number of ether oxygens (including phenoxy) is 1. The van der Waals surface area contributed by atoms with E-state index in [0.717, 1.165) is 20.6 Å². The van der Waals surface area contributed by atoms with Crippen LogP contribution in [0.5, 0.6) is 5.75 Å². The number of carbonyl (C=O) groups is 2. The third kappa shape index (κ3) is 5.18. The van der Waals surface area contributed by atoms with E-state index in [4.69, 9.17) is 16.3 Å². The Bertz CT molecular complexity index is 1180. The number of nitrogens with one attached hydrogen (secondary N) is 1. The second-order valence-electron chi connectivity index (χ2n) is 7.68. The summed E-state index contributed by atoms with van der Waals surface area (Å²) < 4.78 is 6.22. The van der Waals surface area contributed by atoms with E-state index >= 15 is 0 Å². The summed E-state index contributed by atoms with van der Waals surface area (Å²) in [5.41, 5.74) is 2.78. The average molecular weight is 549 g/mol. The molecule has 1 saturated heterocycles. The van der Waals surface area contributed by atoms with Gasteiger partial charge in [-0.1, -0.05) is 33.6 Å². The van der Waals surface area contributed by atoms with Crippen LogP contribution in [0, 0.1) is 6.92 Å². The fourth-order valence-corrected chi connectivity index (χ4v) is 5.48. The molecule has 33 heavy (non-hydrogen) atoms. The van der Waals surface area contributed by atoms with Gasteiger partial charge in [-0.3, -0.25) is 9.59 Å². The normalized spacial score (nSPS) is 13.7. The molecule has 172 valence electrons. The molecule has 0 unspecified atom stereocenters. The Morgan fingerprint density at radius 1 is 1.12 bits per heavy atom. The van der Waals surface area contributed by atoms with Gasteiger partial charge < -0.3 is 19.9 Å². The van der Waals surface area contributed by atoms with Gasteiger partial charge in [0.05, 0.1) is 28.3 Å². The van der Waals surface area contributed by atoms with Gasteiger partial charge in [0.1, 0.15) is 5.75 Å². The second kappa shape index (κ2) is 10.2. The van der Waals surface area contributed by atoms with E-state index in [-0.39, 0.29) is 11.8 Å². The van der Waals surface area contributed by atoms with Crippen LogP contribution in [0.25, 0.3) is 0 Å². The molecule has 6 nitrogen and oxygen atoms in total. The first-order valence-electron chi connectivity index (χ1n) is 10.4. The zero-order valence-corrected chi connectivity index (χ0v) is 21.4. The quantitative estimate of drug-likeness (QED) is 0.445. The standard InChI is InChI=1S/C24H23BrClN3O3S/c1-15-12-16(25)13-18(22(15)32-2)23(30)27-17-5-6-20(19(26)14-17)28-7-9-29(10-8-28)24(31)21-4-3-11-33-21/h3-6,11-14H,7-10H2,1-2H3,(H,27,30). The molecule has 2 aromatic carbocycles. The van der Waals surface area contributed by atoms with Crippen LogP contribution in [0.4, 0.5) is 11.4 Å². The summed E-state index contributed by atoms with van der Waals surface area (Å²) in [4.78, 5) is 30.2. The van der Waals surface area contributed by atoms with Crippen LogP contribution in [0.3, 0.4) is 0 Å². The van der Waals surface area contributed by atoms with E-state index in [1.807, 2.05) is 47.5 Å². The topological polar surface area (TPSA) is 61.9 Å². The summed E-state index contributed by atoms with van der Waals surface area (Å²) >= 11 is 11.5. The molecule has 1 aliphatic rings. The van der Waals surface area contributed by atoms with E-state index < -0.39 is 0 Å². The van der Waals surface area contributed by atoms with E-state index in [1.54, 1.807) is 19.2 Å². The van der Waals surface area contributed by atoms with E-state index in [0.29, 0.717) is 48.2 Å². The number of nitrogens with zero attached hydrogens (tertiary/aromatic N) is 2. The monoisotopic (exact) mass is 547 g/mol. The van der Waals surface area contributed by atoms with Crippen molar-refractivity contribution in [1.29, 1.82) is 0 Å². The lowest BCUT2D eigenvalue weighted by Gasteiger charge is -2.36. The zero-order valence-electron chi connectivity index (χ0n) is 18.2. The van der Waals surface area contributed by atoms with Crippen LogP contribution in [0.15, 0.2) is 52.3 Å². The van der Waals surface area contributed by atoms with Crippen LogP contribution in [0.2, 0.25) is 5.02 Å². The van der Waals surface area contributed by atoms with E-state index in [1.165, 1.54) is 11.3 Å². The number of amides is 2. The first kappa shape index (κ1) is 23.6. The van der Waals surface area contributed by atoms with Crippen LogP contribution in [-0.4, -0.2) is 50.0 Å². The van der Waals surface area contributed by atoms with Crippen molar-refractivity contribution in [2.75, 3.05) is 43.5 Å². The van der Waals surface area contributed by atoms with Crippen molar-refractivity contribution < 1.29 is 14.3 Å². The molecule has 1 fully saturated rings. The molecular weight excluding hydrogens is 526 g/mol. The Labute approximate surface area is 210 Å². The van der Waals surface area contributed by atoms with Crippen molar-refractivity contribution in [3.8, 4) is 5.75 Å². The molecule has 1 N–H and O–H groups in total. The predicted molar refractivity (Wildman–Crippen MR) is 137 cm³/mol. The minimum absolute atomic E-state index is 0.0759. The molecule has 2 amide bonds. The first-order chi connectivity index (χ1) is 15.9. The third-order valence-electron chi connectivity index (χ3n) is 5.53. The number of aryl methyl sites for hydroxylation is 1. The fourth-order valence-electron chi connectivity index (χ4n) is 3.92. The van der Waals surface area contributed by atoms with Crippen LogP contribution < -0.4 is 15.0 Å². The largest absolute Gasteiger partial charge is 0.496 e. The molecule has 9 heteroatoms. The highest BCUT2D eigenvalue weighted by Crippen LogP contribution is 2.32. The number of carbonyl (C=O) groups excluding carboxylic acids is 2. The molecule has 1 aliphatic heterocycles. The van der Waals surface area contributed by atoms with Gasteiger partial charge in [0, 0.05) is 36.3 Å². The maximum atomic E-state index is 12.9. The smallest absolute Gasteiger partial charge is 0.264 e. The number of benzene rings is 2. The van der Waals surface area contributed by atoms with Gasteiger partial charge in [0.2, 0.25) is 0 Å². The summed E-state index contributed by atoms with van der Waals surface area (Å²) in [5, 5.41) is 5.36. The molecule has 4 rings (SSSR count). The summed E-state index contributed by atoms with van der Waals surface area (Å²) in [6.45, 7) is 4.54. The fraction of sp³-hybridized carbons (Fsp3) is 0.250. The van der Waals surface area contributed by atoms with Gasteiger partial charge in [0.25, 0.3) is 11.8 Å². The van der Waals surface area contributed by atoms with Gasteiger partial charge in [-0.05, 0) is 54.3 Å². The van der Waals surface area contributed by atoms with E-state index in [2.05, 4.69) is 26.1 Å². The lowest BCUT2D eigenvalue weighted by Crippen LogP contribution is -2.48. The number of anilines is 2. The highest BCUT2D eigenvalue weighted by molar-refractivity contribution is 9.10. The molecule has 0 aliphatic carbocycles. The molecule has 0 bridgehead atoms. The maximum absolute atomic E-state index is 12.9. The van der Waals surface area contributed by atoms with Crippen LogP contribution >= 0.6 is 38.9 Å². The van der Waals surface area contributed by atoms with E-state index in [9.17, 15) is 9.59 Å². The zero-order chi connectivity index (χ0) is 23.5. The highest BCUT2D eigenvalue weighted by Gasteiger charge is 2.24. The number of thiophene rings is 1. The van der Waals surface area contributed by atoms with Gasteiger partial charge in [0.15, 0.2) is 0 Å². The molecule has 0 saturated carbocycles. The van der Waals surface area contributed by atoms with Gasteiger partial charge in [-0.15, -0.1) is 11.3 Å². The Morgan fingerprint density at radius 3 is 2.52 bits per heavy atom. The molecular formula is C24H23BrClN3O3S. The predicted octanol–water partition coefficient (Wildman–Crippen LogP) is 5.70. The van der Waals surface area contributed by atoms with Crippen molar-refractivity contribution in [2.24, 2.45) is 0 Å². The Morgan fingerprint density at radius 2 is 1.88 bits per heavy atom. The minimum Gasteiger partial charge on any atom is -0.496 e. The van der Waals surface area contributed by atoms with Crippen molar-refractivity contribution in [3.63, 3.8) is 0 Å². The van der Waals surface area contributed by atoms with Crippen LogP contribution in [0.1, 0.15) is 25.6 Å². The molecule has 1 aromatic heterocycles. The second-order valence-corrected chi connectivity index (χ2v) is 9.95. The number of hydrogen-bond acceptors (Lipinski definition) is 5. The average Bonchev–Trinajstić information content (AvgIpc) is 3.33. The van der Waals surface area contributed by atoms with Crippen molar-refractivity contribution in [2.45, 2.75) is 6.92 Å². The number of methoxy groups -OCH3 is 1. The molecule has 0 spiro atoms. The molecule has 3 aromatic rings. The number of piperazine rings is 1. The summed E-state index contributed by atoms with van der Waals surface area (Å²) in [7, 11) is 1.55. The third-order valence-corrected chi connectivity index (χ3v) is 7.15. The number of rotatable bonds is 5. The maximum Gasteiger partial charge on any atom is 0.264 e. The van der Waals surface area contributed by atoms with Gasteiger partial charge in [-0.25, -0.2) is 0 Å². The van der Waals surface area contributed by atoms with Crippen molar-refractivity contribution in [3.05, 3.63) is 73.3 Å². The minimum atomic E-state index is -0.277. The molecule has 0 atom stereocenters. The Hall–Kier alpha value is -2.55. The lowest BCUT2D eigenvalue weighted by atomic mass is 10.1. The molecule has 0 radical (unpaired) electrons. The Kier molecular flexibility index (Phi) is 7.26. The number of halogens is 2.